The quantitative estimate of drug-likeness (QED) is 0.312. The van der Waals surface area contributed by atoms with Gasteiger partial charge in [-0.25, -0.2) is 5.43 Å². The van der Waals surface area contributed by atoms with Gasteiger partial charge in [0, 0.05) is 6.61 Å². The first kappa shape index (κ1) is 7.55. The van der Waals surface area contributed by atoms with Crippen LogP contribution in [0.25, 0.3) is 0 Å². The Morgan fingerprint density at radius 2 is 2.60 bits per heavy atom. The van der Waals surface area contributed by atoms with Gasteiger partial charge in [0.25, 0.3) is 0 Å². The number of hydrogen-bond donors (Lipinski definition) is 2. The normalized spacial score (nSPS) is 27.8. The van der Waals surface area contributed by atoms with E-state index in [0.717, 1.165) is 19.4 Å². The largest absolute Gasteiger partial charge is 0.376 e. The first-order valence-corrected chi connectivity index (χ1v) is 3.42. The summed E-state index contributed by atoms with van der Waals surface area (Å²) in [5.74, 6) is 7.72. The summed E-state index contributed by atoms with van der Waals surface area (Å²) >= 11 is 0. The van der Waals surface area contributed by atoms with Crippen molar-refractivity contribution < 1.29 is 4.74 Å². The zero-order valence-electron chi connectivity index (χ0n) is 5.84. The second-order valence-electron chi connectivity index (χ2n) is 2.36. The molecule has 0 aromatic carbocycles. The summed E-state index contributed by atoms with van der Waals surface area (Å²) in [6.07, 6.45) is 7.41. The molecule has 1 aliphatic heterocycles. The van der Waals surface area contributed by atoms with E-state index in [1.807, 2.05) is 0 Å². The number of hydrazine groups is 1. The summed E-state index contributed by atoms with van der Waals surface area (Å²) in [5, 5.41) is 0. The predicted molar refractivity (Wildman–Crippen MR) is 38.9 cm³/mol. The molecule has 0 radical (unpaired) electrons. The van der Waals surface area contributed by atoms with Crippen LogP contribution in [0.3, 0.4) is 0 Å². The maximum absolute atomic E-state index is 5.31. The fraction of sp³-hybridized carbons (Fsp3) is 0.714. The lowest BCUT2D eigenvalue weighted by atomic mass is 10.1. The van der Waals surface area contributed by atoms with Crippen LogP contribution in [-0.4, -0.2) is 18.8 Å². The van der Waals surface area contributed by atoms with Crippen molar-refractivity contribution >= 4 is 0 Å². The van der Waals surface area contributed by atoms with Crippen LogP contribution in [0.2, 0.25) is 0 Å². The smallest absolute Gasteiger partial charge is 0.108 e. The topological polar surface area (TPSA) is 47.3 Å². The van der Waals surface area contributed by atoms with Crippen molar-refractivity contribution in [2.75, 3.05) is 6.61 Å². The van der Waals surface area contributed by atoms with Gasteiger partial charge in [0.15, 0.2) is 0 Å². The van der Waals surface area contributed by atoms with E-state index in [1.165, 1.54) is 0 Å². The minimum absolute atomic E-state index is 0.120. The highest BCUT2D eigenvalue weighted by Gasteiger charge is 2.22. The molecule has 1 aliphatic rings. The second kappa shape index (κ2) is 3.57. The lowest BCUT2D eigenvalue weighted by Gasteiger charge is -2.15. The third-order valence-corrected chi connectivity index (χ3v) is 1.70. The molecule has 1 rings (SSSR count). The van der Waals surface area contributed by atoms with Gasteiger partial charge in [0.05, 0.1) is 6.10 Å². The lowest BCUT2D eigenvalue weighted by Crippen LogP contribution is -2.42. The standard InChI is InChI=1S/C7H12N2O/c1-2-6(9-8)7-4-3-5-10-7/h1,6-7,9H,3-5,8H2. The Labute approximate surface area is 60.9 Å². The molecule has 0 aromatic heterocycles. The Balaban J connectivity index is 2.38. The zero-order valence-corrected chi connectivity index (χ0v) is 5.84. The van der Waals surface area contributed by atoms with Gasteiger partial charge in [-0.2, -0.15) is 0 Å². The SMILES string of the molecule is C#CC(NN)C1CCCO1. The Hall–Kier alpha value is -0.560. The highest BCUT2D eigenvalue weighted by atomic mass is 16.5. The molecule has 2 unspecified atom stereocenters. The molecule has 1 heterocycles. The van der Waals surface area contributed by atoms with E-state index >= 15 is 0 Å². The maximum Gasteiger partial charge on any atom is 0.108 e. The molecule has 0 aliphatic carbocycles. The van der Waals surface area contributed by atoms with Crippen LogP contribution in [0.4, 0.5) is 0 Å². The number of nitrogens with two attached hydrogens (primary N) is 1. The van der Waals surface area contributed by atoms with Crippen molar-refractivity contribution in [2.45, 2.75) is 25.0 Å². The van der Waals surface area contributed by atoms with Gasteiger partial charge in [-0.15, -0.1) is 6.42 Å². The van der Waals surface area contributed by atoms with E-state index in [1.54, 1.807) is 0 Å². The fourth-order valence-corrected chi connectivity index (χ4v) is 1.13. The molecular formula is C7H12N2O. The van der Waals surface area contributed by atoms with Crippen LogP contribution in [0.1, 0.15) is 12.8 Å². The fourth-order valence-electron chi connectivity index (χ4n) is 1.13. The van der Waals surface area contributed by atoms with Crippen molar-refractivity contribution in [1.29, 1.82) is 0 Å². The summed E-state index contributed by atoms with van der Waals surface area (Å²) in [4.78, 5) is 0. The molecule has 0 amide bonds. The van der Waals surface area contributed by atoms with Crippen LogP contribution in [-0.2, 0) is 4.74 Å². The van der Waals surface area contributed by atoms with Crippen molar-refractivity contribution in [3.05, 3.63) is 0 Å². The summed E-state index contributed by atoms with van der Waals surface area (Å²) < 4.78 is 5.31. The van der Waals surface area contributed by atoms with E-state index in [2.05, 4.69) is 11.3 Å². The number of nitrogens with one attached hydrogen (secondary N) is 1. The van der Waals surface area contributed by atoms with Gasteiger partial charge in [-0.1, -0.05) is 5.92 Å². The van der Waals surface area contributed by atoms with Gasteiger partial charge in [0.1, 0.15) is 6.04 Å². The molecule has 2 atom stereocenters. The number of rotatable bonds is 2. The predicted octanol–water partition coefficient (Wildman–Crippen LogP) is -0.370. The van der Waals surface area contributed by atoms with Crippen LogP contribution in [0.15, 0.2) is 0 Å². The van der Waals surface area contributed by atoms with Gasteiger partial charge in [0.2, 0.25) is 0 Å². The van der Waals surface area contributed by atoms with E-state index in [9.17, 15) is 0 Å². The molecule has 3 heteroatoms. The van der Waals surface area contributed by atoms with Crippen molar-refractivity contribution in [3.63, 3.8) is 0 Å². The zero-order chi connectivity index (χ0) is 7.40. The molecule has 0 spiro atoms. The van der Waals surface area contributed by atoms with Gasteiger partial charge in [-0.3, -0.25) is 5.84 Å². The molecule has 0 aromatic rings. The average molecular weight is 140 g/mol. The summed E-state index contributed by atoms with van der Waals surface area (Å²) in [7, 11) is 0. The van der Waals surface area contributed by atoms with Crippen LogP contribution in [0, 0.1) is 12.3 Å². The Kier molecular flexibility index (Phi) is 2.69. The second-order valence-corrected chi connectivity index (χ2v) is 2.36. The molecule has 3 N–H and O–H groups in total. The minimum atomic E-state index is -0.123. The van der Waals surface area contributed by atoms with E-state index in [4.69, 9.17) is 17.0 Å². The molecular weight excluding hydrogens is 128 g/mol. The van der Waals surface area contributed by atoms with Crippen molar-refractivity contribution in [1.82, 2.24) is 5.43 Å². The molecule has 3 nitrogen and oxygen atoms in total. The number of terminal acetylenes is 1. The highest BCUT2D eigenvalue weighted by Crippen LogP contribution is 2.14. The maximum atomic E-state index is 5.31. The molecule has 0 bridgehead atoms. The van der Waals surface area contributed by atoms with E-state index in [-0.39, 0.29) is 12.1 Å². The van der Waals surface area contributed by atoms with E-state index in [0.29, 0.717) is 0 Å². The lowest BCUT2D eigenvalue weighted by molar-refractivity contribution is 0.0940. The summed E-state index contributed by atoms with van der Waals surface area (Å²) in [5.41, 5.74) is 2.53. The number of hydrogen-bond acceptors (Lipinski definition) is 3. The Morgan fingerprint density at radius 3 is 3.00 bits per heavy atom. The van der Waals surface area contributed by atoms with Gasteiger partial charge in [-0.05, 0) is 12.8 Å². The van der Waals surface area contributed by atoms with Crippen LogP contribution in [0.5, 0.6) is 0 Å². The monoisotopic (exact) mass is 140 g/mol. The summed E-state index contributed by atoms with van der Waals surface area (Å²) in [6, 6.07) is -0.123. The third-order valence-electron chi connectivity index (χ3n) is 1.70. The molecule has 1 saturated heterocycles. The summed E-state index contributed by atoms with van der Waals surface area (Å²) in [6.45, 7) is 0.810. The Bertz CT molecular complexity index is 135. The van der Waals surface area contributed by atoms with E-state index < -0.39 is 0 Å². The van der Waals surface area contributed by atoms with Crippen LogP contribution >= 0.6 is 0 Å². The number of ether oxygens (including phenoxy) is 1. The minimum Gasteiger partial charge on any atom is -0.376 e. The molecule has 10 heavy (non-hydrogen) atoms. The average Bonchev–Trinajstić information content (AvgIpc) is 2.43. The van der Waals surface area contributed by atoms with Gasteiger partial charge >= 0.3 is 0 Å². The molecule has 56 valence electrons. The van der Waals surface area contributed by atoms with Crippen molar-refractivity contribution in [3.8, 4) is 12.3 Å². The molecule has 0 saturated carbocycles. The molecule has 1 fully saturated rings. The van der Waals surface area contributed by atoms with Crippen LogP contribution < -0.4 is 11.3 Å². The Morgan fingerprint density at radius 1 is 1.80 bits per heavy atom. The third kappa shape index (κ3) is 1.48. The van der Waals surface area contributed by atoms with Crippen molar-refractivity contribution in [2.24, 2.45) is 5.84 Å². The first-order chi connectivity index (χ1) is 4.88. The highest BCUT2D eigenvalue weighted by molar-refractivity contribution is 5.02. The van der Waals surface area contributed by atoms with Gasteiger partial charge < -0.3 is 4.74 Å². The first-order valence-electron chi connectivity index (χ1n) is 3.42.